The van der Waals surface area contributed by atoms with Crippen LogP contribution < -0.4 is 10.4 Å². The van der Waals surface area contributed by atoms with E-state index >= 15 is 0 Å². The van der Waals surface area contributed by atoms with Crippen LogP contribution in [0.1, 0.15) is 0 Å². The molecule has 0 saturated carbocycles. The third-order valence-corrected chi connectivity index (χ3v) is 1.39. The van der Waals surface area contributed by atoms with Gasteiger partial charge in [-0.2, -0.15) is 0 Å². The van der Waals surface area contributed by atoms with Crippen LogP contribution in [0.25, 0.3) is 0 Å². The first-order valence-corrected chi connectivity index (χ1v) is 3.39. The Hall–Kier alpha value is -1.41. The Bertz CT molecular complexity index is 361. The summed E-state index contributed by atoms with van der Waals surface area (Å²) in [7, 11) is -2.29. The lowest BCUT2D eigenvalue weighted by molar-refractivity contribution is 0.287. The molecule has 0 amide bonds. The minimum absolute atomic E-state index is 0.410. The van der Waals surface area contributed by atoms with Gasteiger partial charge < -0.3 is 20.4 Å². The molecule has 1 rings (SSSR count). The number of hydrogen-bond acceptors (Lipinski definition) is 4. The second-order valence-corrected chi connectivity index (χ2v) is 2.34. The van der Waals surface area contributed by atoms with Crippen molar-refractivity contribution in [2.75, 3.05) is 5.73 Å². The first-order chi connectivity index (χ1) is 6.43. The summed E-state index contributed by atoms with van der Waals surface area (Å²) >= 11 is 0. The van der Waals surface area contributed by atoms with Crippen LogP contribution in [0.15, 0.2) is 6.07 Å². The fraction of sp³-hybridized carbons (Fsp3) is 0. The summed E-state index contributed by atoms with van der Waals surface area (Å²) < 4.78 is 41.9. The molecule has 0 heterocycles. The summed E-state index contributed by atoms with van der Waals surface area (Å²) in [6.07, 6.45) is 0. The monoisotopic (exact) mass is 207 g/mol. The van der Waals surface area contributed by atoms with E-state index in [1.165, 1.54) is 0 Å². The summed E-state index contributed by atoms with van der Waals surface area (Å²) in [6, 6.07) is 0.410. The van der Waals surface area contributed by atoms with Crippen molar-refractivity contribution in [3.8, 4) is 5.75 Å². The van der Waals surface area contributed by atoms with Crippen molar-refractivity contribution in [3.63, 3.8) is 0 Å². The predicted molar refractivity (Wildman–Crippen MR) is 41.5 cm³/mol. The van der Waals surface area contributed by atoms with Crippen LogP contribution in [0.3, 0.4) is 0 Å². The molecule has 0 aliphatic heterocycles. The van der Waals surface area contributed by atoms with Gasteiger partial charge in [0, 0.05) is 6.07 Å². The van der Waals surface area contributed by atoms with Crippen molar-refractivity contribution in [1.82, 2.24) is 0 Å². The van der Waals surface area contributed by atoms with Crippen molar-refractivity contribution in [2.45, 2.75) is 0 Å². The standard InChI is InChI=1S/C6H5BF3NO3/c8-2-1-3(14-7(12)13)6(11)5(10)4(2)9/h1,12-13H,11H2. The lowest BCUT2D eigenvalue weighted by Crippen LogP contribution is -2.21. The fourth-order valence-electron chi connectivity index (χ4n) is 0.799. The minimum atomic E-state index is -2.29. The quantitative estimate of drug-likeness (QED) is 0.363. The maximum Gasteiger partial charge on any atom is 0.707 e. The molecular weight excluding hydrogens is 202 g/mol. The zero-order valence-electron chi connectivity index (χ0n) is 6.67. The van der Waals surface area contributed by atoms with E-state index in [0.29, 0.717) is 6.07 Å². The normalized spacial score (nSPS) is 10.1. The third-order valence-electron chi connectivity index (χ3n) is 1.39. The number of nitrogens with two attached hydrogens (primary N) is 1. The average Bonchev–Trinajstić information content (AvgIpc) is 2.10. The van der Waals surface area contributed by atoms with Gasteiger partial charge in [0.05, 0.1) is 0 Å². The Kier molecular flexibility index (Phi) is 2.87. The van der Waals surface area contributed by atoms with Gasteiger partial charge in [-0.3, -0.25) is 0 Å². The minimum Gasteiger partial charge on any atom is -0.510 e. The molecule has 0 aliphatic rings. The van der Waals surface area contributed by atoms with Crippen molar-refractivity contribution in [3.05, 3.63) is 23.5 Å². The largest absolute Gasteiger partial charge is 0.707 e. The van der Waals surface area contributed by atoms with E-state index in [4.69, 9.17) is 15.8 Å². The lowest BCUT2D eigenvalue weighted by atomic mass is 10.2. The Morgan fingerprint density at radius 2 is 1.79 bits per heavy atom. The molecule has 4 N–H and O–H groups in total. The molecule has 0 atom stereocenters. The second kappa shape index (κ2) is 3.76. The van der Waals surface area contributed by atoms with Gasteiger partial charge in [0.2, 0.25) is 0 Å². The molecule has 0 bridgehead atoms. The van der Waals surface area contributed by atoms with Crippen LogP contribution in [-0.2, 0) is 0 Å². The highest BCUT2D eigenvalue weighted by molar-refractivity contribution is 6.33. The number of hydrogen-bond donors (Lipinski definition) is 3. The van der Waals surface area contributed by atoms with E-state index in [1.807, 2.05) is 0 Å². The van der Waals surface area contributed by atoms with E-state index in [2.05, 4.69) is 4.65 Å². The zero-order chi connectivity index (χ0) is 10.9. The summed E-state index contributed by atoms with van der Waals surface area (Å²) in [4.78, 5) is 0. The van der Waals surface area contributed by atoms with E-state index < -0.39 is 36.2 Å². The van der Waals surface area contributed by atoms with E-state index in [-0.39, 0.29) is 0 Å². The van der Waals surface area contributed by atoms with Gasteiger partial charge in [0.1, 0.15) is 11.4 Å². The van der Waals surface area contributed by atoms with Crippen LogP contribution in [0.2, 0.25) is 0 Å². The van der Waals surface area contributed by atoms with Gasteiger partial charge in [0.25, 0.3) is 0 Å². The molecule has 8 heteroatoms. The predicted octanol–water partition coefficient (Wildman–Crippen LogP) is 0.0344. The molecule has 0 aromatic heterocycles. The maximum atomic E-state index is 12.7. The highest BCUT2D eigenvalue weighted by atomic mass is 19.2. The number of anilines is 1. The molecule has 14 heavy (non-hydrogen) atoms. The number of nitrogen functional groups attached to an aromatic ring is 1. The van der Waals surface area contributed by atoms with Gasteiger partial charge >= 0.3 is 7.32 Å². The topological polar surface area (TPSA) is 75.7 Å². The Balaban J connectivity index is 3.19. The Morgan fingerprint density at radius 3 is 2.29 bits per heavy atom. The second-order valence-electron chi connectivity index (χ2n) is 2.34. The summed E-state index contributed by atoms with van der Waals surface area (Å²) in [5.41, 5.74) is 4.14. The number of benzene rings is 1. The first kappa shape index (κ1) is 10.7. The maximum absolute atomic E-state index is 12.7. The number of rotatable bonds is 2. The van der Waals surface area contributed by atoms with E-state index in [0.717, 1.165) is 0 Å². The van der Waals surface area contributed by atoms with Gasteiger partial charge in [-0.25, -0.2) is 13.2 Å². The SMILES string of the molecule is Nc1c(OB(O)O)cc(F)c(F)c1F. The van der Waals surface area contributed by atoms with Crippen molar-refractivity contribution < 1.29 is 27.9 Å². The van der Waals surface area contributed by atoms with Crippen LogP contribution >= 0.6 is 0 Å². The number of halogens is 3. The van der Waals surface area contributed by atoms with E-state index in [1.54, 1.807) is 0 Å². The molecule has 1 aromatic carbocycles. The van der Waals surface area contributed by atoms with Crippen LogP contribution in [0.4, 0.5) is 18.9 Å². The molecule has 0 aliphatic carbocycles. The van der Waals surface area contributed by atoms with Crippen molar-refractivity contribution in [1.29, 1.82) is 0 Å². The first-order valence-electron chi connectivity index (χ1n) is 3.39. The fourth-order valence-corrected chi connectivity index (χ4v) is 0.799. The Labute approximate surface area is 76.9 Å². The molecule has 0 radical (unpaired) electrons. The highest BCUT2D eigenvalue weighted by Crippen LogP contribution is 2.28. The summed E-state index contributed by atoms with van der Waals surface area (Å²) in [5.74, 6) is -5.60. The van der Waals surface area contributed by atoms with Crippen LogP contribution in [0, 0.1) is 17.5 Å². The molecular formula is C6H5BF3NO3. The summed E-state index contributed by atoms with van der Waals surface area (Å²) in [6.45, 7) is 0. The van der Waals surface area contributed by atoms with Gasteiger partial charge in [-0.05, 0) is 0 Å². The van der Waals surface area contributed by atoms with Gasteiger partial charge in [-0.15, -0.1) is 0 Å². The molecule has 0 spiro atoms. The molecule has 0 fully saturated rings. The zero-order valence-corrected chi connectivity index (χ0v) is 6.67. The summed E-state index contributed by atoms with van der Waals surface area (Å²) in [5, 5.41) is 16.6. The molecule has 0 saturated heterocycles. The van der Waals surface area contributed by atoms with Gasteiger partial charge in [0.15, 0.2) is 17.5 Å². The van der Waals surface area contributed by atoms with Crippen molar-refractivity contribution in [2.24, 2.45) is 0 Å². The molecule has 0 unspecified atom stereocenters. The van der Waals surface area contributed by atoms with Gasteiger partial charge in [-0.1, -0.05) is 0 Å². The third kappa shape index (κ3) is 1.91. The van der Waals surface area contributed by atoms with Crippen LogP contribution in [-0.4, -0.2) is 17.4 Å². The highest BCUT2D eigenvalue weighted by Gasteiger charge is 2.21. The van der Waals surface area contributed by atoms with Crippen molar-refractivity contribution >= 4 is 13.0 Å². The molecule has 1 aromatic rings. The van der Waals surface area contributed by atoms with Crippen LogP contribution in [0.5, 0.6) is 5.75 Å². The average molecular weight is 207 g/mol. The molecule has 76 valence electrons. The smallest absolute Gasteiger partial charge is 0.510 e. The lowest BCUT2D eigenvalue weighted by Gasteiger charge is -2.09. The van der Waals surface area contributed by atoms with E-state index in [9.17, 15) is 13.2 Å². The Morgan fingerprint density at radius 1 is 1.21 bits per heavy atom. The molecule has 4 nitrogen and oxygen atoms in total.